The van der Waals surface area contributed by atoms with Crippen LogP contribution in [0.1, 0.15) is 63.0 Å². The Balaban J connectivity index is 1.47. The topological polar surface area (TPSA) is 85.3 Å². The predicted molar refractivity (Wildman–Crippen MR) is 107 cm³/mol. The van der Waals surface area contributed by atoms with Gasteiger partial charge in [-0.25, -0.2) is 0 Å². The molecule has 0 amide bonds. The van der Waals surface area contributed by atoms with Gasteiger partial charge in [0.05, 0.1) is 11.6 Å². The second kappa shape index (κ2) is 8.03. The molecular weight excluding hydrogens is 340 g/mol. The first-order chi connectivity index (χ1) is 13.1. The summed E-state index contributed by atoms with van der Waals surface area (Å²) in [6.07, 6.45) is 9.85. The summed E-state index contributed by atoms with van der Waals surface area (Å²) in [6, 6.07) is 6.77. The van der Waals surface area contributed by atoms with E-state index in [-0.39, 0.29) is 11.3 Å². The molecule has 4 rings (SSSR count). The van der Waals surface area contributed by atoms with E-state index < -0.39 is 6.10 Å². The Labute approximate surface area is 159 Å². The van der Waals surface area contributed by atoms with Crippen LogP contribution in [0.25, 0.3) is 10.9 Å². The number of aromatic nitrogens is 1. The molecule has 1 heterocycles. The molecule has 2 aromatic rings. The summed E-state index contributed by atoms with van der Waals surface area (Å²) in [6.45, 7) is 0.464. The Bertz CT molecular complexity index is 841. The maximum Gasteiger partial charge on any atom is 0.248 e. The van der Waals surface area contributed by atoms with Gasteiger partial charge >= 0.3 is 0 Å². The van der Waals surface area contributed by atoms with Gasteiger partial charge in [0.25, 0.3) is 0 Å². The molecule has 5 heteroatoms. The van der Waals surface area contributed by atoms with Gasteiger partial charge in [-0.1, -0.05) is 38.5 Å². The number of H-pyrrole nitrogens is 1. The number of aliphatic hydroxyl groups excluding tert-OH is 1. The fourth-order valence-corrected chi connectivity index (χ4v) is 5.30. The van der Waals surface area contributed by atoms with E-state index in [9.17, 15) is 15.0 Å². The second-order valence-corrected chi connectivity index (χ2v) is 8.34. The van der Waals surface area contributed by atoms with Crippen molar-refractivity contribution in [1.29, 1.82) is 0 Å². The molecule has 0 bridgehead atoms. The number of phenolic OH excluding ortho intramolecular Hbond substituents is 1. The summed E-state index contributed by atoms with van der Waals surface area (Å²) in [5.41, 5.74) is 0.992. The van der Waals surface area contributed by atoms with Gasteiger partial charge in [0, 0.05) is 30.1 Å². The van der Waals surface area contributed by atoms with Crippen molar-refractivity contribution in [2.75, 3.05) is 6.54 Å². The van der Waals surface area contributed by atoms with Crippen LogP contribution in [0.15, 0.2) is 29.1 Å². The van der Waals surface area contributed by atoms with Crippen molar-refractivity contribution in [3.63, 3.8) is 0 Å². The third kappa shape index (κ3) is 4.04. The molecule has 5 nitrogen and oxygen atoms in total. The molecule has 1 aromatic heterocycles. The van der Waals surface area contributed by atoms with Gasteiger partial charge in [-0.05, 0) is 42.4 Å². The van der Waals surface area contributed by atoms with Crippen LogP contribution in [-0.4, -0.2) is 27.8 Å². The summed E-state index contributed by atoms with van der Waals surface area (Å²) in [5, 5.41) is 25.2. The Morgan fingerprint density at radius 2 is 1.89 bits per heavy atom. The van der Waals surface area contributed by atoms with E-state index in [1.165, 1.54) is 63.5 Å². The number of hydrogen-bond acceptors (Lipinski definition) is 4. The van der Waals surface area contributed by atoms with Crippen LogP contribution >= 0.6 is 0 Å². The van der Waals surface area contributed by atoms with Gasteiger partial charge in [-0.2, -0.15) is 0 Å². The van der Waals surface area contributed by atoms with E-state index in [1.807, 2.05) is 0 Å². The highest BCUT2D eigenvalue weighted by atomic mass is 16.3. The minimum absolute atomic E-state index is 0.0550. The zero-order valence-corrected chi connectivity index (χ0v) is 15.8. The fraction of sp³-hybridized carbons (Fsp3) is 0.591. The third-order valence-electron chi connectivity index (χ3n) is 6.61. The number of aliphatic hydroxyl groups is 1. The molecule has 2 aliphatic rings. The first-order valence-corrected chi connectivity index (χ1v) is 10.4. The molecule has 2 aliphatic carbocycles. The molecule has 2 fully saturated rings. The Morgan fingerprint density at radius 3 is 2.70 bits per heavy atom. The molecule has 0 spiro atoms. The van der Waals surface area contributed by atoms with Crippen LogP contribution in [0, 0.1) is 11.8 Å². The van der Waals surface area contributed by atoms with E-state index in [0.717, 1.165) is 17.2 Å². The highest BCUT2D eigenvalue weighted by molar-refractivity contribution is 5.84. The van der Waals surface area contributed by atoms with Crippen LogP contribution in [0.2, 0.25) is 0 Å². The van der Waals surface area contributed by atoms with Gasteiger partial charge in [0.1, 0.15) is 5.75 Å². The Morgan fingerprint density at radius 1 is 1.07 bits per heavy atom. The number of pyridine rings is 1. The van der Waals surface area contributed by atoms with E-state index in [2.05, 4.69) is 10.3 Å². The lowest BCUT2D eigenvalue weighted by Gasteiger charge is -2.32. The van der Waals surface area contributed by atoms with Crippen molar-refractivity contribution in [3.8, 4) is 5.75 Å². The molecule has 3 atom stereocenters. The van der Waals surface area contributed by atoms with Crippen LogP contribution in [0.5, 0.6) is 5.75 Å². The van der Waals surface area contributed by atoms with Crippen molar-refractivity contribution in [2.45, 2.75) is 63.5 Å². The number of fused-ring (bicyclic) bond motifs is 1. The lowest BCUT2D eigenvalue weighted by molar-refractivity contribution is 0.155. The lowest BCUT2D eigenvalue weighted by Crippen LogP contribution is -2.38. The number of aromatic hydroxyl groups is 1. The summed E-state index contributed by atoms with van der Waals surface area (Å²) in [4.78, 5) is 14.3. The monoisotopic (exact) mass is 370 g/mol. The van der Waals surface area contributed by atoms with Crippen LogP contribution < -0.4 is 10.9 Å². The van der Waals surface area contributed by atoms with Gasteiger partial charge in [0.15, 0.2) is 0 Å². The number of hydrogen-bond donors (Lipinski definition) is 4. The van der Waals surface area contributed by atoms with Crippen molar-refractivity contribution < 1.29 is 10.2 Å². The van der Waals surface area contributed by atoms with Gasteiger partial charge in [-0.15, -0.1) is 0 Å². The molecule has 0 radical (unpaired) electrons. The van der Waals surface area contributed by atoms with Crippen molar-refractivity contribution in [1.82, 2.24) is 10.3 Å². The molecule has 2 saturated carbocycles. The first-order valence-electron chi connectivity index (χ1n) is 10.4. The minimum atomic E-state index is -0.724. The number of nitrogens with one attached hydrogen (secondary N) is 2. The molecular formula is C22H30N2O3. The quantitative estimate of drug-likeness (QED) is 0.648. The van der Waals surface area contributed by atoms with Crippen molar-refractivity contribution >= 4 is 10.9 Å². The molecule has 0 aliphatic heterocycles. The molecule has 1 aromatic carbocycles. The molecule has 4 N–H and O–H groups in total. The summed E-state index contributed by atoms with van der Waals surface area (Å²) >= 11 is 0. The van der Waals surface area contributed by atoms with Crippen LogP contribution in [-0.2, 0) is 0 Å². The zero-order valence-electron chi connectivity index (χ0n) is 15.8. The number of aromatic amines is 1. The SMILES string of the molecule is O=c1ccc2c([C@@H](O)CN[C@@H]3CCC[C@@H]3C3CCCCC3)cc(O)cc2[nH]1. The second-order valence-electron chi connectivity index (χ2n) is 8.34. The minimum Gasteiger partial charge on any atom is -0.508 e. The zero-order chi connectivity index (χ0) is 18.8. The van der Waals surface area contributed by atoms with Crippen molar-refractivity contribution in [3.05, 3.63) is 40.2 Å². The van der Waals surface area contributed by atoms with E-state index in [0.29, 0.717) is 23.7 Å². The highest BCUT2D eigenvalue weighted by Crippen LogP contribution is 2.39. The van der Waals surface area contributed by atoms with Gasteiger partial charge in [0.2, 0.25) is 5.56 Å². The average molecular weight is 370 g/mol. The smallest absolute Gasteiger partial charge is 0.248 e. The standard InChI is InChI=1S/C22H30N2O3/c25-15-11-18(17-9-10-22(27)24-20(17)12-15)21(26)13-23-19-8-4-7-16(19)14-5-2-1-3-6-14/h9-12,14,16,19,21,23,25-26H,1-8,13H2,(H,24,27)/t16-,19-,21+/m1/s1. The predicted octanol–water partition coefficient (Wildman–Crippen LogP) is 3.61. The van der Waals surface area contributed by atoms with E-state index in [1.54, 1.807) is 12.1 Å². The third-order valence-corrected chi connectivity index (χ3v) is 6.61. The normalized spacial score (nSPS) is 25.1. The summed E-state index contributed by atoms with van der Waals surface area (Å²) < 4.78 is 0. The Hall–Kier alpha value is -1.85. The average Bonchev–Trinajstić information content (AvgIpc) is 3.14. The van der Waals surface area contributed by atoms with Gasteiger partial charge < -0.3 is 20.5 Å². The number of rotatable bonds is 5. The summed E-state index contributed by atoms with van der Waals surface area (Å²) in [7, 11) is 0. The maximum atomic E-state index is 11.5. The molecule has 27 heavy (non-hydrogen) atoms. The maximum absolute atomic E-state index is 11.5. The van der Waals surface area contributed by atoms with Crippen LogP contribution in [0.4, 0.5) is 0 Å². The first kappa shape index (κ1) is 18.5. The lowest BCUT2D eigenvalue weighted by atomic mass is 9.77. The Kier molecular flexibility index (Phi) is 5.50. The van der Waals surface area contributed by atoms with Crippen LogP contribution in [0.3, 0.4) is 0 Å². The number of phenols is 1. The van der Waals surface area contributed by atoms with E-state index >= 15 is 0 Å². The molecule has 0 unspecified atom stereocenters. The largest absolute Gasteiger partial charge is 0.508 e. The number of benzene rings is 1. The summed E-state index contributed by atoms with van der Waals surface area (Å²) in [5.74, 6) is 1.62. The van der Waals surface area contributed by atoms with E-state index in [4.69, 9.17) is 0 Å². The molecule has 146 valence electrons. The highest BCUT2D eigenvalue weighted by Gasteiger charge is 2.34. The fourth-order valence-electron chi connectivity index (χ4n) is 5.30. The van der Waals surface area contributed by atoms with Gasteiger partial charge in [-0.3, -0.25) is 4.79 Å². The molecule has 0 saturated heterocycles. The van der Waals surface area contributed by atoms with Crippen molar-refractivity contribution in [2.24, 2.45) is 11.8 Å².